The SMILES string of the molecule is O=C(N=Nc1c(O)n(CN(Cc2ccccc2)Cc2ccccc2)c2ccccc12)c1cccnc1. The smallest absolute Gasteiger partial charge is 0.296 e. The average Bonchev–Trinajstić information content (AvgIpc) is 3.19. The zero-order valence-corrected chi connectivity index (χ0v) is 19.6. The number of carbonyl (C=O) groups excluding carboxylic acids is 1. The van der Waals surface area contributed by atoms with Gasteiger partial charge in [-0.2, -0.15) is 0 Å². The molecule has 7 heteroatoms. The van der Waals surface area contributed by atoms with Crippen LogP contribution >= 0.6 is 0 Å². The topological polar surface area (TPSA) is 83.1 Å². The normalized spacial score (nSPS) is 11.5. The number of aromatic nitrogens is 2. The van der Waals surface area contributed by atoms with Crippen molar-refractivity contribution in [1.82, 2.24) is 14.5 Å². The molecule has 2 heterocycles. The number of hydrogen-bond donors (Lipinski definition) is 1. The maximum Gasteiger partial charge on any atom is 0.296 e. The van der Waals surface area contributed by atoms with E-state index in [-0.39, 0.29) is 11.6 Å². The number of carbonyl (C=O) groups is 1. The molecule has 5 aromatic rings. The maximum absolute atomic E-state index is 12.5. The molecule has 178 valence electrons. The van der Waals surface area contributed by atoms with Gasteiger partial charge in [0.1, 0.15) is 0 Å². The Morgan fingerprint density at radius 1 is 0.833 bits per heavy atom. The molecule has 0 aliphatic rings. The van der Waals surface area contributed by atoms with Crippen LogP contribution in [-0.4, -0.2) is 25.5 Å². The zero-order valence-electron chi connectivity index (χ0n) is 19.6. The fourth-order valence-corrected chi connectivity index (χ4v) is 4.19. The van der Waals surface area contributed by atoms with Gasteiger partial charge in [-0.15, -0.1) is 10.2 Å². The molecule has 0 saturated carbocycles. The van der Waals surface area contributed by atoms with E-state index in [0.717, 1.165) is 10.9 Å². The van der Waals surface area contributed by atoms with Crippen LogP contribution in [0.4, 0.5) is 5.69 Å². The predicted molar refractivity (Wildman–Crippen MR) is 139 cm³/mol. The zero-order chi connectivity index (χ0) is 24.7. The largest absolute Gasteiger partial charge is 0.493 e. The fourth-order valence-electron chi connectivity index (χ4n) is 4.19. The lowest BCUT2D eigenvalue weighted by Gasteiger charge is -2.24. The van der Waals surface area contributed by atoms with Crippen LogP contribution in [-0.2, 0) is 19.8 Å². The first-order valence-electron chi connectivity index (χ1n) is 11.7. The molecule has 7 nitrogen and oxygen atoms in total. The standard InChI is InChI=1S/C29H25N5O2/c35-28(24-14-9-17-30-18-24)32-31-27-25-15-7-8-16-26(25)34(29(27)36)21-33(19-22-10-3-1-4-11-22)20-23-12-5-2-6-13-23/h1-18,36H,19-21H2. The second-order valence-corrected chi connectivity index (χ2v) is 8.46. The monoisotopic (exact) mass is 475 g/mol. The van der Waals surface area contributed by atoms with Gasteiger partial charge in [-0.3, -0.25) is 19.2 Å². The second kappa shape index (κ2) is 10.8. The van der Waals surface area contributed by atoms with Crippen molar-refractivity contribution in [1.29, 1.82) is 0 Å². The third-order valence-electron chi connectivity index (χ3n) is 5.91. The first-order chi connectivity index (χ1) is 17.7. The molecular formula is C29H25N5O2. The molecule has 0 radical (unpaired) electrons. The van der Waals surface area contributed by atoms with Gasteiger partial charge in [0, 0.05) is 30.9 Å². The number of benzene rings is 3. The Kier molecular flexibility index (Phi) is 6.91. The summed E-state index contributed by atoms with van der Waals surface area (Å²) in [5, 5.41) is 20.0. The molecule has 3 aromatic carbocycles. The summed E-state index contributed by atoms with van der Waals surface area (Å²) in [7, 11) is 0. The fraction of sp³-hybridized carbons (Fsp3) is 0.103. The summed E-state index contributed by atoms with van der Waals surface area (Å²) < 4.78 is 1.81. The van der Waals surface area contributed by atoms with Gasteiger partial charge in [0.05, 0.1) is 17.7 Å². The number of amides is 1. The Morgan fingerprint density at radius 3 is 2.11 bits per heavy atom. The van der Waals surface area contributed by atoms with Gasteiger partial charge in [0.15, 0.2) is 5.69 Å². The van der Waals surface area contributed by atoms with Crippen LogP contribution in [0.25, 0.3) is 10.9 Å². The van der Waals surface area contributed by atoms with Gasteiger partial charge in [-0.05, 0) is 29.3 Å². The number of aromatic hydroxyl groups is 1. The first-order valence-corrected chi connectivity index (χ1v) is 11.7. The van der Waals surface area contributed by atoms with Crippen molar-refractivity contribution in [3.8, 4) is 5.88 Å². The van der Waals surface area contributed by atoms with Crippen molar-refractivity contribution in [2.75, 3.05) is 0 Å². The predicted octanol–water partition coefficient (Wildman–Crippen LogP) is 6.33. The van der Waals surface area contributed by atoms with E-state index in [1.165, 1.54) is 17.3 Å². The average molecular weight is 476 g/mol. The molecule has 0 unspecified atom stereocenters. The Morgan fingerprint density at radius 2 is 1.47 bits per heavy atom. The minimum Gasteiger partial charge on any atom is -0.493 e. The van der Waals surface area contributed by atoms with Crippen molar-refractivity contribution < 1.29 is 9.90 Å². The van der Waals surface area contributed by atoms with Crippen LogP contribution in [0.5, 0.6) is 5.88 Å². The Hall–Kier alpha value is -4.62. The van der Waals surface area contributed by atoms with Gasteiger partial charge in [-0.1, -0.05) is 78.9 Å². The lowest BCUT2D eigenvalue weighted by Crippen LogP contribution is -2.25. The van der Waals surface area contributed by atoms with Crippen LogP contribution in [0.15, 0.2) is 120 Å². The van der Waals surface area contributed by atoms with E-state index in [9.17, 15) is 9.90 Å². The van der Waals surface area contributed by atoms with E-state index in [4.69, 9.17) is 0 Å². The summed E-state index contributed by atoms with van der Waals surface area (Å²) in [6.45, 7) is 1.80. The highest BCUT2D eigenvalue weighted by Crippen LogP contribution is 2.39. The maximum atomic E-state index is 12.5. The minimum absolute atomic E-state index is 0.0370. The lowest BCUT2D eigenvalue weighted by molar-refractivity contribution is 0.0994. The molecule has 0 aliphatic carbocycles. The molecule has 2 aromatic heterocycles. The summed E-state index contributed by atoms with van der Waals surface area (Å²) >= 11 is 0. The Balaban J connectivity index is 1.49. The van der Waals surface area contributed by atoms with Gasteiger partial charge in [-0.25, -0.2) is 0 Å². The van der Waals surface area contributed by atoms with Crippen LogP contribution in [0.3, 0.4) is 0 Å². The van der Waals surface area contributed by atoms with E-state index in [1.807, 2.05) is 65.2 Å². The van der Waals surface area contributed by atoms with Crippen molar-refractivity contribution in [3.05, 3.63) is 126 Å². The van der Waals surface area contributed by atoms with Crippen molar-refractivity contribution in [3.63, 3.8) is 0 Å². The molecule has 0 spiro atoms. The van der Waals surface area contributed by atoms with Gasteiger partial charge < -0.3 is 5.11 Å². The van der Waals surface area contributed by atoms with Gasteiger partial charge in [0.2, 0.25) is 5.88 Å². The number of fused-ring (bicyclic) bond motifs is 1. The second-order valence-electron chi connectivity index (χ2n) is 8.46. The highest BCUT2D eigenvalue weighted by atomic mass is 16.3. The molecule has 1 N–H and O–H groups in total. The summed E-state index contributed by atoms with van der Waals surface area (Å²) in [5.41, 5.74) is 3.75. The molecule has 36 heavy (non-hydrogen) atoms. The number of azo groups is 1. The van der Waals surface area contributed by atoms with E-state index in [2.05, 4.69) is 44.4 Å². The third kappa shape index (κ3) is 5.21. The van der Waals surface area contributed by atoms with Crippen LogP contribution in [0.2, 0.25) is 0 Å². The molecule has 0 fully saturated rings. The van der Waals surface area contributed by atoms with E-state index in [1.54, 1.807) is 18.3 Å². The number of para-hydroxylation sites is 1. The summed E-state index contributed by atoms with van der Waals surface area (Å²) in [6, 6.07) is 31.4. The number of pyridine rings is 1. The molecule has 0 saturated heterocycles. The van der Waals surface area contributed by atoms with Crippen LogP contribution < -0.4 is 0 Å². The summed E-state index contributed by atoms with van der Waals surface area (Å²) in [4.78, 5) is 18.7. The van der Waals surface area contributed by atoms with E-state index >= 15 is 0 Å². The molecule has 5 rings (SSSR count). The van der Waals surface area contributed by atoms with Crippen molar-refractivity contribution in [2.24, 2.45) is 10.2 Å². The van der Waals surface area contributed by atoms with Crippen LogP contribution in [0.1, 0.15) is 21.5 Å². The first kappa shape index (κ1) is 23.1. The third-order valence-corrected chi connectivity index (χ3v) is 5.91. The Bertz CT molecular complexity index is 1440. The molecule has 1 amide bonds. The van der Waals surface area contributed by atoms with E-state index < -0.39 is 5.91 Å². The molecular weight excluding hydrogens is 450 g/mol. The molecule has 0 aliphatic heterocycles. The van der Waals surface area contributed by atoms with E-state index in [0.29, 0.717) is 25.3 Å². The highest BCUT2D eigenvalue weighted by Gasteiger charge is 2.19. The summed E-state index contributed by atoms with van der Waals surface area (Å²) in [6.07, 6.45) is 3.03. The van der Waals surface area contributed by atoms with Crippen molar-refractivity contribution in [2.45, 2.75) is 19.8 Å². The number of rotatable bonds is 8. The highest BCUT2D eigenvalue weighted by molar-refractivity contribution is 5.97. The molecule has 0 bridgehead atoms. The lowest BCUT2D eigenvalue weighted by atomic mass is 10.2. The minimum atomic E-state index is -0.519. The summed E-state index contributed by atoms with van der Waals surface area (Å²) in [5.74, 6) is -0.556. The number of hydrogen-bond acceptors (Lipinski definition) is 5. The molecule has 0 atom stereocenters. The van der Waals surface area contributed by atoms with Gasteiger partial charge in [0.25, 0.3) is 5.91 Å². The van der Waals surface area contributed by atoms with Gasteiger partial charge >= 0.3 is 0 Å². The Labute approximate surface area is 209 Å². The van der Waals surface area contributed by atoms with Crippen molar-refractivity contribution >= 4 is 22.5 Å². The van der Waals surface area contributed by atoms with Crippen LogP contribution in [0, 0.1) is 0 Å². The quantitative estimate of drug-likeness (QED) is 0.266. The number of nitrogens with zero attached hydrogens (tertiary/aromatic N) is 5.